The van der Waals surface area contributed by atoms with Gasteiger partial charge in [-0.15, -0.1) is 0 Å². The molecule has 2 unspecified atom stereocenters. The highest BCUT2D eigenvalue weighted by Gasteiger charge is 2.61. The Labute approximate surface area is 317 Å². The fourth-order valence-corrected chi connectivity index (χ4v) is 11.5. The van der Waals surface area contributed by atoms with Crippen molar-refractivity contribution in [1.29, 1.82) is 0 Å². The molecule has 0 bridgehead atoms. The molecular weight excluding hydrogens is 690 g/mol. The van der Waals surface area contributed by atoms with Gasteiger partial charge in [0, 0.05) is 54.8 Å². The van der Waals surface area contributed by atoms with E-state index in [2.05, 4.69) is 0 Å². The van der Waals surface area contributed by atoms with Gasteiger partial charge < -0.3 is 24.1 Å². The Kier molecular flexibility index (Phi) is 10.8. The number of rotatable bonds is 4. The average Bonchev–Trinajstić information content (AvgIpc) is 3.81. The third-order valence-corrected chi connectivity index (χ3v) is 13.6. The number of carbonyl (C=O) groups is 5. The summed E-state index contributed by atoms with van der Waals surface area (Å²) in [6.07, 6.45) is 4.70. The van der Waals surface area contributed by atoms with Crippen LogP contribution < -0.4 is 4.90 Å². The molecule has 4 saturated carbocycles. The van der Waals surface area contributed by atoms with Crippen LogP contribution in [0.25, 0.3) is 0 Å². The first-order valence-corrected chi connectivity index (χ1v) is 19.4. The molecule has 11 nitrogen and oxygen atoms in total. The zero-order valence-electron chi connectivity index (χ0n) is 30.3. The molecule has 3 aliphatic heterocycles. The monoisotopic (exact) mass is 743 g/mol. The largest absolute Gasteiger partial charge is 0.481 e. The van der Waals surface area contributed by atoms with Crippen LogP contribution >= 0.6 is 0 Å². The van der Waals surface area contributed by atoms with E-state index in [1.165, 1.54) is 0 Å². The van der Waals surface area contributed by atoms with E-state index in [0.29, 0.717) is 38.9 Å². The summed E-state index contributed by atoms with van der Waals surface area (Å²) < 4.78 is 23.0. The van der Waals surface area contributed by atoms with Gasteiger partial charge in [-0.1, -0.05) is 43.8 Å². The zero-order chi connectivity index (χ0) is 37.0. The number of benzene rings is 2. The molecule has 12 atom stereocenters. The van der Waals surface area contributed by atoms with E-state index in [4.69, 9.17) is 18.9 Å². The molecule has 7 fully saturated rings. The molecule has 3 heterocycles. The van der Waals surface area contributed by atoms with Gasteiger partial charge in [0.2, 0.25) is 5.91 Å². The maximum atomic E-state index is 14.6. The quantitative estimate of drug-likeness (QED) is 0.340. The number of nitrogens with zero attached hydrogens (tertiary/aromatic N) is 1. The Balaban J connectivity index is 0.000000191. The maximum absolute atomic E-state index is 14.6. The molecule has 2 aromatic carbocycles. The Morgan fingerprint density at radius 3 is 1.81 bits per heavy atom. The second-order valence-electron chi connectivity index (χ2n) is 16.3. The highest BCUT2D eigenvalue weighted by molar-refractivity contribution is 6.02. The lowest BCUT2D eigenvalue weighted by atomic mass is 9.56. The summed E-state index contributed by atoms with van der Waals surface area (Å²) in [6, 6.07) is 19.6. The van der Waals surface area contributed by atoms with Crippen LogP contribution in [0.1, 0.15) is 72.6 Å². The van der Waals surface area contributed by atoms with Gasteiger partial charge in [-0.25, -0.2) is 0 Å². The van der Waals surface area contributed by atoms with E-state index < -0.39 is 17.7 Å². The van der Waals surface area contributed by atoms with Crippen LogP contribution in [0.5, 0.6) is 0 Å². The van der Waals surface area contributed by atoms with Gasteiger partial charge in [0.1, 0.15) is 18.0 Å². The highest BCUT2D eigenvalue weighted by atomic mass is 16.7. The van der Waals surface area contributed by atoms with Crippen molar-refractivity contribution in [2.75, 3.05) is 18.1 Å². The first-order valence-electron chi connectivity index (χ1n) is 19.4. The van der Waals surface area contributed by atoms with Crippen molar-refractivity contribution in [3.05, 3.63) is 60.7 Å². The molecular formula is C43H53NO10. The predicted molar refractivity (Wildman–Crippen MR) is 197 cm³/mol. The number of anilines is 2. The summed E-state index contributed by atoms with van der Waals surface area (Å²) >= 11 is 0. The van der Waals surface area contributed by atoms with Crippen LogP contribution in [0.2, 0.25) is 0 Å². The summed E-state index contributed by atoms with van der Waals surface area (Å²) in [5, 5.41) is 9.54. The number of hydrogen-bond acceptors (Lipinski definition) is 9. The van der Waals surface area contributed by atoms with Crippen LogP contribution in [-0.4, -0.2) is 65.9 Å². The molecule has 1 spiro atoms. The second kappa shape index (κ2) is 15.2. The van der Waals surface area contributed by atoms with Crippen molar-refractivity contribution in [3.8, 4) is 0 Å². The third kappa shape index (κ3) is 6.76. The van der Waals surface area contributed by atoms with Gasteiger partial charge in [-0.05, 0) is 87.5 Å². The first-order chi connectivity index (χ1) is 25.5. The van der Waals surface area contributed by atoms with Crippen LogP contribution in [0.15, 0.2) is 60.7 Å². The van der Waals surface area contributed by atoms with Crippen molar-refractivity contribution < 1.29 is 48.0 Å². The standard InChI is InChI=1S/C28H31NO5.C14H18O5.CH4/c1-18-24-23(27(31)34-18)16-19-17-28(32-14-15-33-28)13-12-22(19)25(24)26(30)29(20-8-4-2-5-9-20)21-10-6-3-7-11-21;1-6-11-10(14(18)19-6)5-7-4-8(15)2-3-9(7)12(11)13(16)17;/h2-11,18-19,22-25H,12-17H2,1H3;6-7,9-12H,2-5H2,1H3,(H,16,17);1H4/t18?,19-,22-,23-,24-,25+;6?,7-,9+,10+,11+,12-;/m10./s1. The zero-order valence-corrected chi connectivity index (χ0v) is 30.3. The minimum atomic E-state index is -0.843. The molecule has 0 aromatic heterocycles. The van der Waals surface area contributed by atoms with Gasteiger partial charge in [0.05, 0.1) is 31.0 Å². The van der Waals surface area contributed by atoms with E-state index in [1.54, 1.807) is 6.92 Å². The number of Topliss-reactive ketones (excluding diaryl/α,β-unsaturated/α-hetero) is 1. The summed E-state index contributed by atoms with van der Waals surface area (Å²) in [7, 11) is 0. The van der Waals surface area contributed by atoms with Crippen molar-refractivity contribution >= 4 is 41.0 Å². The Morgan fingerprint density at radius 2 is 1.26 bits per heavy atom. The minimum absolute atomic E-state index is 0. The molecule has 2 aromatic rings. The number of amides is 1. The average molecular weight is 744 g/mol. The molecule has 0 radical (unpaired) electrons. The fraction of sp³-hybridized carbons (Fsp3) is 0.605. The van der Waals surface area contributed by atoms with Crippen LogP contribution in [0, 0.1) is 59.2 Å². The number of ketones is 1. The van der Waals surface area contributed by atoms with E-state index in [-0.39, 0.29) is 96.5 Å². The van der Waals surface area contributed by atoms with E-state index >= 15 is 0 Å². The Morgan fingerprint density at radius 1 is 0.741 bits per heavy atom. The van der Waals surface area contributed by atoms with E-state index in [1.807, 2.05) is 72.5 Å². The lowest BCUT2D eigenvalue weighted by molar-refractivity contribution is -0.207. The summed E-state index contributed by atoms with van der Waals surface area (Å²) in [5.41, 5.74) is 1.68. The number of fused-ring (bicyclic) bond motifs is 4. The predicted octanol–water partition coefficient (Wildman–Crippen LogP) is 6.60. The highest BCUT2D eigenvalue weighted by Crippen LogP contribution is 2.57. The number of aliphatic carboxylic acids is 1. The Bertz CT molecular complexity index is 1690. The van der Waals surface area contributed by atoms with Crippen LogP contribution in [-0.2, 0) is 42.9 Å². The third-order valence-electron chi connectivity index (χ3n) is 13.6. The number of hydrogen-bond donors (Lipinski definition) is 1. The number of cyclic esters (lactones) is 2. The molecule has 3 saturated heterocycles. The summed E-state index contributed by atoms with van der Waals surface area (Å²) in [4.78, 5) is 64.3. The van der Waals surface area contributed by atoms with Crippen molar-refractivity contribution in [1.82, 2.24) is 0 Å². The van der Waals surface area contributed by atoms with Gasteiger partial charge in [0.25, 0.3) is 0 Å². The van der Waals surface area contributed by atoms with Gasteiger partial charge in [-0.2, -0.15) is 0 Å². The number of carbonyl (C=O) groups excluding carboxylic acids is 4. The molecule has 54 heavy (non-hydrogen) atoms. The molecule has 11 heteroatoms. The van der Waals surface area contributed by atoms with Crippen molar-refractivity contribution in [2.24, 2.45) is 59.2 Å². The number of para-hydroxylation sites is 2. The number of esters is 2. The molecule has 1 amide bonds. The fourth-order valence-electron chi connectivity index (χ4n) is 11.5. The van der Waals surface area contributed by atoms with Crippen molar-refractivity contribution in [3.63, 3.8) is 0 Å². The molecule has 4 aliphatic carbocycles. The molecule has 1 N–H and O–H groups in total. The lowest BCUT2D eigenvalue weighted by Crippen LogP contribution is -2.54. The summed E-state index contributed by atoms with van der Waals surface area (Å²) in [6.45, 7) is 4.96. The van der Waals surface area contributed by atoms with Gasteiger partial charge >= 0.3 is 17.9 Å². The molecule has 9 rings (SSSR count). The van der Waals surface area contributed by atoms with E-state index in [9.17, 15) is 29.1 Å². The SMILES string of the molecule is C.CC1OC(=O)[C@@H]2C[C@@H]3CC(=O)CC[C@H]3[C@H](C(=O)O)[C@H]12.CC1OC(=O)[C@@H]2C[C@@H]3CC4(CC[C@H]3[C@H](C(=O)N(c3ccccc3)c3ccccc3)[C@H]12)OCCO4. The molecule has 290 valence electrons. The lowest BCUT2D eigenvalue weighted by Gasteiger charge is -2.50. The molecule has 7 aliphatic rings. The number of carboxylic acid groups (broad SMARTS) is 1. The maximum Gasteiger partial charge on any atom is 0.309 e. The van der Waals surface area contributed by atoms with Crippen molar-refractivity contribution in [2.45, 2.75) is 90.6 Å². The smallest absolute Gasteiger partial charge is 0.309 e. The van der Waals surface area contributed by atoms with E-state index in [0.717, 1.165) is 37.1 Å². The van der Waals surface area contributed by atoms with Crippen LogP contribution in [0.4, 0.5) is 11.4 Å². The van der Waals surface area contributed by atoms with Gasteiger partial charge in [0.15, 0.2) is 5.79 Å². The number of carboxylic acids is 1. The topological polar surface area (TPSA) is 146 Å². The summed E-state index contributed by atoms with van der Waals surface area (Å²) in [5.74, 6) is -2.93. The first kappa shape index (κ1) is 38.2. The minimum Gasteiger partial charge on any atom is -0.481 e. The van der Waals surface area contributed by atoms with Gasteiger partial charge in [-0.3, -0.25) is 28.9 Å². The Hall–Kier alpha value is -4.09. The normalized spacial score (nSPS) is 37.2. The second-order valence-corrected chi connectivity index (χ2v) is 16.3. The number of ether oxygens (including phenoxy) is 4. The van der Waals surface area contributed by atoms with Crippen LogP contribution in [0.3, 0.4) is 0 Å².